The average Bonchev–Trinajstić information content (AvgIpc) is 3.08. The van der Waals surface area contributed by atoms with Crippen molar-refractivity contribution in [1.82, 2.24) is 14.9 Å². The molecule has 246 valence electrons. The first-order valence-corrected chi connectivity index (χ1v) is 15.7. The van der Waals surface area contributed by atoms with Crippen LogP contribution in [0.2, 0.25) is 0 Å². The minimum absolute atomic E-state index is 0.110. The molecule has 0 spiro atoms. The third-order valence-corrected chi connectivity index (χ3v) is 7.88. The molecule has 0 saturated heterocycles. The Balaban J connectivity index is 1.22. The molecule has 2 atom stereocenters. The molecule has 2 aromatic heterocycles. The van der Waals surface area contributed by atoms with E-state index in [1.807, 2.05) is 0 Å². The van der Waals surface area contributed by atoms with Crippen LogP contribution >= 0.6 is 11.6 Å². The van der Waals surface area contributed by atoms with Crippen LogP contribution in [-0.4, -0.2) is 53.3 Å². The number of hydrogen-bond acceptors (Lipinski definition) is 9. The van der Waals surface area contributed by atoms with Crippen molar-refractivity contribution in [3.05, 3.63) is 101 Å². The van der Waals surface area contributed by atoms with E-state index in [-0.39, 0.29) is 17.9 Å². The number of allylic oxidation sites excluding steroid dienone is 1. The van der Waals surface area contributed by atoms with E-state index >= 15 is 0 Å². The van der Waals surface area contributed by atoms with Crippen molar-refractivity contribution in [2.45, 2.75) is 31.2 Å². The highest BCUT2D eigenvalue weighted by atomic mass is 35.5. The second-order valence-electron chi connectivity index (χ2n) is 10.7. The Kier molecular flexibility index (Phi) is 9.78. The topological polar surface area (TPSA) is 134 Å². The summed E-state index contributed by atoms with van der Waals surface area (Å²) in [5, 5.41) is 11.5. The summed E-state index contributed by atoms with van der Waals surface area (Å²) < 4.78 is 44.4. The number of carbonyl (C=O) groups is 1. The number of halogens is 2. The largest absolute Gasteiger partial charge is 0.493 e. The minimum atomic E-state index is -0.748. The Labute approximate surface area is 279 Å². The van der Waals surface area contributed by atoms with E-state index in [1.54, 1.807) is 43.5 Å². The lowest BCUT2D eigenvalue weighted by molar-refractivity contribution is 0.0938. The molecule has 0 bridgehead atoms. The van der Waals surface area contributed by atoms with Gasteiger partial charge in [0.2, 0.25) is 5.75 Å². The first kappa shape index (κ1) is 32.4. The van der Waals surface area contributed by atoms with E-state index in [0.29, 0.717) is 78.0 Å². The van der Waals surface area contributed by atoms with Gasteiger partial charge < -0.3 is 29.0 Å². The number of amides is 1. The van der Waals surface area contributed by atoms with Crippen LogP contribution in [0.1, 0.15) is 30.1 Å². The van der Waals surface area contributed by atoms with Gasteiger partial charge in [0, 0.05) is 30.6 Å². The van der Waals surface area contributed by atoms with Gasteiger partial charge in [-0.15, -0.1) is 11.6 Å². The zero-order chi connectivity index (χ0) is 33.6. The van der Waals surface area contributed by atoms with E-state index in [9.17, 15) is 14.0 Å². The lowest BCUT2D eigenvalue weighted by Gasteiger charge is -2.25. The molecule has 0 saturated carbocycles. The lowest BCUT2D eigenvalue weighted by atomic mass is 10.1. The molecule has 2 aliphatic rings. The van der Waals surface area contributed by atoms with Crippen LogP contribution in [0.15, 0.2) is 83.6 Å². The molecule has 1 N–H and O–H groups in total. The van der Waals surface area contributed by atoms with E-state index in [2.05, 4.69) is 16.4 Å². The molecule has 1 aliphatic carbocycles. The Morgan fingerprint density at radius 1 is 1.12 bits per heavy atom. The van der Waals surface area contributed by atoms with Gasteiger partial charge in [-0.2, -0.15) is 5.26 Å². The van der Waals surface area contributed by atoms with Crippen LogP contribution in [0.25, 0.3) is 16.6 Å². The highest BCUT2D eigenvalue weighted by Gasteiger charge is 2.28. The summed E-state index contributed by atoms with van der Waals surface area (Å²) in [5.74, 6) is 1.14. The number of alkyl halides is 1. The van der Waals surface area contributed by atoms with Gasteiger partial charge in [-0.1, -0.05) is 6.08 Å². The quantitative estimate of drug-likeness (QED) is 0.159. The first-order chi connectivity index (χ1) is 23.4. The van der Waals surface area contributed by atoms with Crippen molar-refractivity contribution < 1.29 is 32.9 Å². The van der Waals surface area contributed by atoms with Crippen LogP contribution in [0, 0.1) is 17.1 Å². The van der Waals surface area contributed by atoms with E-state index in [4.69, 9.17) is 40.5 Å². The standard InChI is InChI=1S/C35H30ClFN4O7/c1-2-44-27-12-15-41(22-7-5-21(37)6-8-22)35(43)31(27)34(42)40-25-10-9-23(19-24(25)36)48-28-11-14-39-26-20-29(45-16-4-3-13-38)32-33(30(26)28)47-18-17-46-32/h5-12,14-15,19-20,24-25H,2-4,16-18H2,1H3,(H,40,42). The summed E-state index contributed by atoms with van der Waals surface area (Å²) in [4.78, 5) is 31.5. The third-order valence-electron chi connectivity index (χ3n) is 7.48. The van der Waals surface area contributed by atoms with Gasteiger partial charge in [-0.25, -0.2) is 4.39 Å². The Morgan fingerprint density at radius 2 is 1.92 bits per heavy atom. The number of pyridine rings is 2. The van der Waals surface area contributed by atoms with Crippen LogP contribution in [0.3, 0.4) is 0 Å². The summed E-state index contributed by atoms with van der Waals surface area (Å²) in [6.45, 7) is 2.97. The number of benzene rings is 2. The zero-order valence-corrected chi connectivity index (χ0v) is 26.5. The molecule has 0 fully saturated rings. The number of unbranched alkanes of at least 4 members (excludes halogenated alkanes) is 1. The van der Waals surface area contributed by atoms with Crippen molar-refractivity contribution >= 4 is 28.4 Å². The number of aromatic nitrogens is 2. The van der Waals surface area contributed by atoms with Crippen LogP contribution < -0.4 is 34.6 Å². The fourth-order valence-electron chi connectivity index (χ4n) is 5.28. The van der Waals surface area contributed by atoms with Gasteiger partial charge in [-0.3, -0.25) is 19.1 Å². The van der Waals surface area contributed by atoms with Gasteiger partial charge in [0.05, 0.1) is 41.6 Å². The summed E-state index contributed by atoms with van der Waals surface area (Å²) >= 11 is 6.72. The summed E-state index contributed by atoms with van der Waals surface area (Å²) in [5.41, 5.74) is 0.0949. The van der Waals surface area contributed by atoms with Gasteiger partial charge in [0.15, 0.2) is 11.5 Å². The Bertz CT molecular complexity index is 2010. The summed E-state index contributed by atoms with van der Waals surface area (Å²) in [6, 6.07) is 11.7. The molecule has 4 aromatic rings. The fraction of sp³-hybridized carbons (Fsp3) is 0.257. The fourth-order valence-corrected chi connectivity index (χ4v) is 5.55. The molecule has 13 heteroatoms. The highest BCUT2D eigenvalue weighted by molar-refractivity contribution is 6.22. The Morgan fingerprint density at radius 3 is 2.67 bits per heavy atom. The van der Waals surface area contributed by atoms with Crippen LogP contribution in [0.4, 0.5) is 4.39 Å². The van der Waals surface area contributed by atoms with E-state index in [0.717, 1.165) is 0 Å². The monoisotopic (exact) mass is 672 g/mol. The highest BCUT2D eigenvalue weighted by Crippen LogP contribution is 2.48. The third kappa shape index (κ3) is 6.77. The number of carbonyl (C=O) groups excluding carboxylic acids is 1. The number of ether oxygens (including phenoxy) is 5. The smallest absolute Gasteiger partial charge is 0.271 e. The van der Waals surface area contributed by atoms with Gasteiger partial charge in [0.1, 0.15) is 41.9 Å². The molecule has 1 aliphatic heterocycles. The molecule has 0 radical (unpaired) electrons. The lowest BCUT2D eigenvalue weighted by Crippen LogP contribution is -2.43. The molecule has 6 rings (SSSR count). The average molecular weight is 673 g/mol. The van der Waals surface area contributed by atoms with Crippen molar-refractivity contribution in [3.63, 3.8) is 0 Å². The van der Waals surface area contributed by atoms with Crippen molar-refractivity contribution in [3.8, 4) is 40.5 Å². The number of fused-ring (bicyclic) bond motifs is 3. The molecular formula is C35H30ClFN4O7. The summed E-state index contributed by atoms with van der Waals surface area (Å²) in [7, 11) is 0. The molecule has 1 amide bonds. The number of nitrogens with zero attached hydrogens (tertiary/aromatic N) is 3. The second kappa shape index (κ2) is 14.5. The maximum absolute atomic E-state index is 13.5. The molecule has 2 unspecified atom stereocenters. The van der Waals surface area contributed by atoms with Gasteiger partial charge >= 0.3 is 0 Å². The van der Waals surface area contributed by atoms with Gasteiger partial charge in [-0.05, 0) is 61.9 Å². The number of nitriles is 1. The molecule has 3 heterocycles. The van der Waals surface area contributed by atoms with Crippen molar-refractivity contribution in [1.29, 1.82) is 5.26 Å². The predicted molar refractivity (Wildman–Crippen MR) is 175 cm³/mol. The second-order valence-corrected chi connectivity index (χ2v) is 11.2. The normalized spacial score (nSPS) is 16.5. The Hall–Kier alpha value is -5.54. The maximum Gasteiger partial charge on any atom is 0.271 e. The zero-order valence-electron chi connectivity index (χ0n) is 25.8. The molecular weight excluding hydrogens is 643 g/mol. The van der Waals surface area contributed by atoms with Crippen molar-refractivity contribution in [2.75, 3.05) is 26.4 Å². The van der Waals surface area contributed by atoms with E-state index in [1.165, 1.54) is 41.1 Å². The summed E-state index contributed by atoms with van der Waals surface area (Å²) in [6.07, 6.45) is 8.97. The molecule has 2 aromatic carbocycles. The van der Waals surface area contributed by atoms with Crippen molar-refractivity contribution in [2.24, 2.45) is 0 Å². The predicted octanol–water partition coefficient (Wildman–Crippen LogP) is 5.62. The van der Waals surface area contributed by atoms with Crippen LogP contribution in [-0.2, 0) is 0 Å². The number of nitrogens with one attached hydrogen (secondary N) is 1. The molecule has 48 heavy (non-hydrogen) atoms. The number of rotatable bonds is 11. The van der Waals surface area contributed by atoms with E-state index < -0.39 is 28.7 Å². The number of hydrogen-bond donors (Lipinski definition) is 1. The first-order valence-electron chi connectivity index (χ1n) is 15.3. The SMILES string of the molecule is CCOc1ccn(-c2ccc(F)cc2)c(=O)c1C(=O)NC1C=CC(Oc2ccnc3cc(OCCCC#N)c4c(c23)OCCO4)=CC1Cl. The minimum Gasteiger partial charge on any atom is -0.493 e. The molecule has 11 nitrogen and oxygen atoms in total. The maximum atomic E-state index is 13.5. The van der Waals surface area contributed by atoms with Gasteiger partial charge in [0.25, 0.3) is 11.5 Å². The van der Waals surface area contributed by atoms with Crippen LogP contribution in [0.5, 0.6) is 28.7 Å².